The van der Waals surface area contributed by atoms with Crippen LogP contribution in [0.25, 0.3) is 10.1 Å². The maximum atomic E-state index is 10.6. The number of nitro groups is 1. The molecule has 0 aliphatic rings. The minimum atomic E-state index is -0.365. The molecule has 1 heterocycles. The van der Waals surface area contributed by atoms with Crippen LogP contribution in [0.2, 0.25) is 0 Å². The number of benzene rings is 1. The summed E-state index contributed by atoms with van der Waals surface area (Å²) in [6.07, 6.45) is 0. The van der Waals surface area contributed by atoms with Gasteiger partial charge in [-0.2, -0.15) is 0 Å². The highest BCUT2D eigenvalue weighted by Crippen LogP contribution is 2.35. The molecule has 0 atom stereocenters. The summed E-state index contributed by atoms with van der Waals surface area (Å²) in [6.45, 7) is 1.89. The van der Waals surface area contributed by atoms with E-state index in [-0.39, 0.29) is 10.6 Å². The van der Waals surface area contributed by atoms with E-state index in [0.717, 1.165) is 20.1 Å². The molecule has 0 aliphatic carbocycles. The van der Waals surface area contributed by atoms with Crippen molar-refractivity contribution in [3.63, 3.8) is 0 Å². The average molecular weight is 272 g/mol. The molecule has 0 saturated carbocycles. The third-order valence-corrected chi connectivity index (χ3v) is 4.10. The zero-order chi connectivity index (χ0) is 10.3. The van der Waals surface area contributed by atoms with Crippen molar-refractivity contribution in [2.75, 3.05) is 0 Å². The van der Waals surface area contributed by atoms with Crippen molar-refractivity contribution >= 4 is 43.0 Å². The monoisotopic (exact) mass is 271 g/mol. The number of nitro benzene ring substituents is 1. The molecule has 0 saturated heterocycles. The molecule has 0 fully saturated rings. The number of thiophene rings is 1. The fraction of sp³-hybridized carbons (Fsp3) is 0.111. The SMILES string of the molecule is Cc1cc([N+](=O)[O-])cc2c(Br)csc12. The quantitative estimate of drug-likeness (QED) is 0.584. The van der Waals surface area contributed by atoms with Gasteiger partial charge in [-0.05, 0) is 28.4 Å². The van der Waals surface area contributed by atoms with Crippen molar-refractivity contribution in [1.29, 1.82) is 0 Å². The molecular weight excluding hydrogens is 266 g/mol. The van der Waals surface area contributed by atoms with Gasteiger partial charge in [0.15, 0.2) is 0 Å². The van der Waals surface area contributed by atoms with Crippen molar-refractivity contribution in [2.45, 2.75) is 6.92 Å². The zero-order valence-electron chi connectivity index (χ0n) is 7.28. The predicted octanol–water partition coefficient (Wildman–Crippen LogP) is 3.88. The van der Waals surface area contributed by atoms with Gasteiger partial charge < -0.3 is 0 Å². The summed E-state index contributed by atoms with van der Waals surface area (Å²) >= 11 is 4.96. The van der Waals surface area contributed by atoms with Gasteiger partial charge in [-0.15, -0.1) is 11.3 Å². The highest BCUT2D eigenvalue weighted by molar-refractivity contribution is 9.10. The Morgan fingerprint density at radius 2 is 2.21 bits per heavy atom. The van der Waals surface area contributed by atoms with E-state index in [4.69, 9.17) is 0 Å². The molecule has 1 aromatic heterocycles. The van der Waals surface area contributed by atoms with Crippen LogP contribution in [0.4, 0.5) is 5.69 Å². The highest BCUT2D eigenvalue weighted by Gasteiger charge is 2.12. The molecule has 0 radical (unpaired) electrons. The van der Waals surface area contributed by atoms with Crippen molar-refractivity contribution in [2.24, 2.45) is 0 Å². The van der Waals surface area contributed by atoms with Crippen LogP contribution in [0.15, 0.2) is 22.0 Å². The minimum absolute atomic E-state index is 0.147. The Bertz CT molecular complexity index is 521. The normalized spacial score (nSPS) is 10.7. The predicted molar refractivity (Wildman–Crippen MR) is 60.9 cm³/mol. The Labute approximate surface area is 92.6 Å². The lowest BCUT2D eigenvalue weighted by atomic mass is 10.1. The fourth-order valence-corrected chi connectivity index (χ4v) is 2.98. The van der Waals surface area contributed by atoms with Crippen molar-refractivity contribution < 1.29 is 4.92 Å². The second-order valence-corrected chi connectivity index (χ2v) is 4.71. The van der Waals surface area contributed by atoms with E-state index in [0.29, 0.717) is 0 Å². The summed E-state index contributed by atoms with van der Waals surface area (Å²) < 4.78 is 2.02. The number of aryl methyl sites for hydroxylation is 1. The van der Waals surface area contributed by atoms with Crippen molar-refractivity contribution in [1.82, 2.24) is 0 Å². The van der Waals surface area contributed by atoms with Crippen LogP contribution in [0.5, 0.6) is 0 Å². The first kappa shape index (κ1) is 9.61. The Morgan fingerprint density at radius 3 is 2.86 bits per heavy atom. The van der Waals surface area contributed by atoms with Gasteiger partial charge in [-0.1, -0.05) is 0 Å². The zero-order valence-corrected chi connectivity index (χ0v) is 9.68. The van der Waals surface area contributed by atoms with E-state index in [1.165, 1.54) is 0 Å². The van der Waals surface area contributed by atoms with Crippen LogP contribution in [-0.4, -0.2) is 4.92 Å². The molecule has 0 aliphatic heterocycles. The summed E-state index contributed by atoms with van der Waals surface area (Å²) in [6, 6.07) is 3.20. The molecule has 5 heteroatoms. The van der Waals surface area contributed by atoms with E-state index in [9.17, 15) is 10.1 Å². The summed E-state index contributed by atoms with van der Waals surface area (Å²) in [7, 11) is 0. The van der Waals surface area contributed by atoms with E-state index < -0.39 is 0 Å². The van der Waals surface area contributed by atoms with Crippen molar-refractivity contribution in [3.05, 3.63) is 37.7 Å². The molecule has 0 bridgehead atoms. The number of rotatable bonds is 1. The first-order valence-electron chi connectivity index (χ1n) is 3.91. The van der Waals surface area contributed by atoms with Gasteiger partial charge in [0.2, 0.25) is 0 Å². The first-order valence-corrected chi connectivity index (χ1v) is 5.58. The maximum Gasteiger partial charge on any atom is 0.270 e. The molecule has 3 nitrogen and oxygen atoms in total. The second kappa shape index (κ2) is 3.33. The number of non-ortho nitro benzene ring substituents is 1. The van der Waals surface area contributed by atoms with Crippen LogP contribution in [0.1, 0.15) is 5.56 Å². The number of hydrogen-bond acceptors (Lipinski definition) is 3. The average Bonchev–Trinajstić information content (AvgIpc) is 2.48. The Kier molecular flexibility index (Phi) is 2.28. The number of halogens is 1. The van der Waals surface area contributed by atoms with Gasteiger partial charge in [0.25, 0.3) is 5.69 Å². The van der Waals surface area contributed by atoms with E-state index >= 15 is 0 Å². The van der Waals surface area contributed by atoms with Crippen LogP contribution < -0.4 is 0 Å². The standard InChI is InChI=1S/C9H6BrNO2S/c1-5-2-6(11(12)13)3-7-8(10)4-14-9(5)7/h2-4H,1H3. The number of hydrogen-bond donors (Lipinski definition) is 0. The molecule has 2 aromatic rings. The molecule has 0 unspecified atom stereocenters. The molecule has 2 rings (SSSR count). The lowest BCUT2D eigenvalue weighted by molar-refractivity contribution is -0.384. The van der Waals surface area contributed by atoms with Crippen LogP contribution >= 0.6 is 27.3 Å². The third kappa shape index (κ3) is 1.42. The number of fused-ring (bicyclic) bond motifs is 1. The van der Waals surface area contributed by atoms with Crippen LogP contribution in [0.3, 0.4) is 0 Å². The highest BCUT2D eigenvalue weighted by atomic mass is 79.9. The molecule has 0 spiro atoms. The van der Waals surface area contributed by atoms with Gasteiger partial charge in [0.1, 0.15) is 0 Å². The molecular formula is C9H6BrNO2S. The Balaban J connectivity index is 2.82. The van der Waals surface area contributed by atoms with Crippen LogP contribution in [-0.2, 0) is 0 Å². The fourth-order valence-electron chi connectivity index (χ4n) is 1.37. The second-order valence-electron chi connectivity index (χ2n) is 2.98. The lowest BCUT2D eigenvalue weighted by Gasteiger charge is -1.96. The van der Waals surface area contributed by atoms with Gasteiger partial charge in [-0.3, -0.25) is 10.1 Å². The van der Waals surface area contributed by atoms with Crippen molar-refractivity contribution in [3.8, 4) is 0 Å². The molecule has 72 valence electrons. The molecule has 1 aromatic carbocycles. The van der Waals surface area contributed by atoms with E-state index in [1.54, 1.807) is 23.5 Å². The summed E-state index contributed by atoms with van der Waals surface area (Å²) in [5.41, 5.74) is 1.10. The van der Waals surface area contributed by atoms with Gasteiger partial charge in [0, 0.05) is 32.1 Å². The summed E-state index contributed by atoms with van der Waals surface area (Å²) in [5, 5.41) is 13.5. The van der Waals surface area contributed by atoms with Gasteiger partial charge in [0.05, 0.1) is 4.92 Å². The lowest BCUT2D eigenvalue weighted by Crippen LogP contribution is -1.88. The number of nitrogens with zero attached hydrogens (tertiary/aromatic N) is 1. The largest absolute Gasteiger partial charge is 0.270 e. The summed E-state index contributed by atoms with van der Waals surface area (Å²) in [5.74, 6) is 0. The van der Waals surface area contributed by atoms with Gasteiger partial charge >= 0.3 is 0 Å². The molecule has 14 heavy (non-hydrogen) atoms. The van der Waals surface area contributed by atoms with E-state index in [2.05, 4.69) is 15.9 Å². The molecule has 0 amide bonds. The molecule has 0 N–H and O–H groups in total. The summed E-state index contributed by atoms with van der Waals surface area (Å²) in [4.78, 5) is 10.3. The van der Waals surface area contributed by atoms with Gasteiger partial charge in [-0.25, -0.2) is 0 Å². The minimum Gasteiger partial charge on any atom is -0.258 e. The first-order chi connectivity index (χ1) is 6.59. The third-order valence-electron chi connectivity index (χ3n) is 2.01. The van der Waals surface area contributed by atoms with Crippen LogP contribution in [0, 0.1) is 17.0 Å². The maximum absolute atomic E-state index is 10.6. The topological polar surface area (TPSA) is 43.1 Å². The Hall–Kier alpha value is -0.940. The van der Waals surface area contributed by atoms with E-state index in [1.807, 2.05) is 12.3 Å². The smallest absolute Gasteiger partial charge is 0.258 e. The Morgan fingerprint density at radius 1 is 1.50 bits per heavy atom.